The van der Waals surface area contributed by atoms with Gasteiger partial charge < -0.3 is 10.8 Å². The minimum absolute atomic E-state index is 0.0146. The number of aliphatic hydroxyl groups excluding tert-OH is 1. The van der Waals surface area contributed by atoms with Gasteiger partial charge in [-0.2, -0.15) is 0 Å². The van der Waals surface area contributed by atoms with Gasteiger partial charge in [-0.15, -0.1) is 0 Å². The van der Waals surface area contributed by atoms with Crippen LogP contribution in [0.4, 0.5) is 0 Å². The minimum Gasteiger partial charge on any atom is -0.506 e. The maximum absolute atomic E-state index is 10.1. The van der Waals surface area contributed by atoms with Gasteiger partial charge in [-0.1, -0.05) is 54.2 Å². The SMILES string of the molecule is C=C(/C=C(\C(O)=C(/C)N)C(C)(C)C)C(C)(C)C. The van der Waals surface area contributed by atoms with Crippen molar-refractivity contribution in [2.75, 3.05) is 0 Å². The normalized spacial score (nSPS) is 15.6. The highest BCUT2D eigenvalue weighted by Crippen LogP contribution is 2.35. The molecule has 0 atom stereocenters. The molecule has 0 heterocycles. The van der Waals surface area contributed by atoms with E-state index in [0.717, 1.165) is 11.1 Å². The molecule has 0 amide bonds. The molecule has 0 aliphatic heterocycles. The maximum Gasteiger partial charge on any atom is 0.137 e. The third-order valence-electron chi connectivity index (χ3n) is 2.72. The van der Waals surface area contributed by atoms with E-state index in [1.165, 1.54) is 0 Å². The number of nitrogens with two attached hydrogens (primary N) is 1. The number of aliphatic hydroxyl groups is 1. The van der Waals surface area contributed by atoms with Crippen molar-refractivity contribution in [3.05, 3.63) is 35.3 Å². The first-order chi connectivity index (χ1) is 7.37. The average Bonchev–Trinajstić information content (AvgIpc) is 2.08. The predicted molar refractivity (Wildman–Crippen MR) is 75.6 cm³/mol. The summed E-state index contributed by atoms with van der Waals surface area (Å²) in [5, 5.41) is 10.1. The molecule has 2 heteroatoms. The molecule has 0 aromatic rings. The van der Waals surface area contributed by atoms with Crippen LogP contribution in [0.15, 0.2) is 35.3 Å². The van der Waals surface area contributed by atoms with Gasteiger partial charge in [-0.05, 0) is 23.3 Å². The lowest BCUT2D eigenvalue weighted by Crippen LogP contribution is -2.16. The van der Waals surface area contributed by atoms with Crippen molar-refractivity contribution in [2.45, 2.75) is 48.5 Å². The van der Waals surface area contributed by atoms with Gasteiger partial charge in [-0.3, -0.25) is 0 Å². The van der Waals surface area contributed by atoms with Crippen molar-refractivity contribution in [3.63, 3.8) is 0 Å². The summed E-state index contributed by atoms with van der Waals surface area (Å²) in [6.07, 6.45) is 1.95. The van der Waals surface area contributed by atoms with Crippen molar-refractivity contribution in [3.8, 4) is 0 Å². The van der Waals surface area contributed by atoms with Gasteiger partial charge in [-0.25, -0.2) is 0 Å². The Morgan fingerprint density at radius 3 is 1.71 bits per heavy atom. The van der Waals surface area contributed by atoms with E-state index in [-0.39, 0.29) is 16.6 Å². The Morgan fingerprint density at radius 1 is 1.06 bits per heavy atom. The molecule has 0 radical (unpaired) electrons. The molecule has 0 saturated carbocycles. The van der Waals surface area contributed by atoms with Crippen LogP contribution in [0.25, 0.3) is 0 Å². The van der Waals surface area contributed by atoms with Crippen LogP contribution in [0.1, 0.15) is 48.5 Å². The lowest BCUT2D eigenvalue weighted by atomic mass is 9.79. The van der Waals surface area contributed by atoms with E-state index in [2.05, 4.69) is 27.4 Å². The summed E-state index contributed by atoms with van der Waals surface area (Å²) in [6.45, 7) is 18.2. The zero-order chi connectivity index (χ0) is 14.0. The molecule has 0 unspecified atom stereocenters. The first kappa shape index (κ1) is 15.8. The number of hydrogen-bond acceptors (Lipinski definition) is 2. The van der Waals surface area contributed by atoms with Crippen molar-refractivity contribution in [2.24, 2.45) is 16.6 Å². The molecule has 0 aromatic heterocycles. The van der Waals surface area contributed by atoms with Gasteiger partial charge in [0, 0.05) is 11.3 Å². The fraction of sp³-hybridized carbons (Fsp3) is 0.600. The minimum atomic E-state index is -0.168. The van der Waals surface area contributed by atoms with Crippen LogP contribution in [0.3, 0.4) is 0 Å². The van der Waals surface area contributed by atoms with Crippen molar-refractivity contribution < 1.29 is 5.11 Å². The first-order valence-corrected chi connectivity index (χ1v) is 5.94. The molecular weight excluding hydrogens is 210 g/mol. The van der Waals surface area contributed by atoms with Crippen molar-refractivity contribution >= 4 is 0 Å². The van der Waals surface area contributed by atoms with E-state index in [1.54, 1.807) is 6.92 Å². The molecule has 0 aliphatic rings. The van der Waals surface area contributed by atoms with Gasteiger partial charge >= 0.3 is 0 Å². The van der Waals surface area contributed by atoms with Gasteiger partial charge in [0.2, 0.25) is 0 Å². The molecule has 0 aromatic carbocycles. The van der Waals surface area contributed by atoms with E-state index >= 15 is 0 Å². The quantitative estimate of drug-likeness (QED) is 0.555. The lowest BCUT2D eigenvalue weighted by Gasteiger charge is -2.26. The molecule has 2 nitrogen and oxygen atoms in total. The molecule has 98 valence electrons. The van der Waals surface area contributed by atoms with E-state index in [4.69, 9.17) is 5.73 Å². The van der Waals surface area contributed by atoms with Crippen LogP contribution in [0.5, 0.6) is 0 Å². The van der Waals surface area contributed by atoms with Crippen LogP contribution in [-0.4, -0.2) is 5.11 Å². The molecule has 0 saturated heterocycles. The average molecular weight is 237 g/mol. The summed E-state index contributed by atoms with van der Waals surface area (Å²) in [7, 11) is 0. The van der Waals surface area contributed by atoms with Gasteiger partial charge in [0.05, 0.1) is 0 Å². The molecule has 0 aliphatic carbocycles. The lowest BCUT2D eigenvalue weighted by molar-refractivity contribution is 0.371. The molecule has 0 spiro atoms. The number of rotatable bonds is 2. The standard InChI is InChI=1S/C15H27NO/c1-10(14(3,4)5)9-12(15(6,7)8)13(17)11(2)16/h9,17H,1,16H2,2-8H3/b12-9+,13-11-. The monoisotopic (exact) mass is 237 g/mol. The van der Waals surface area contributed by atoms with E-state index < -0.39 is 0 Å². The van der Waals surface area contributed by atoms with Crippen molar-refractivity contribution in [1.29, 1.82) is 0 Å². The van der Waals surface area contributed by atoms with E-state index in [1.807, 2.05) is 26.8 Å². The van der Waals surface area contributed by atoms with E-state index in [9.17, 15) is 5.11 Å². The second-order valence-electron chi connectivity index (χ2n) is 6.61. The molecule has 0 rings (SSSR count). The van der Waals surface area contributed by atoms with Gasteiger partial charge in [0.15, 0.2) is 0 Å². The Balaban J connectivity index is 5.62. The summed E-state index contributed by atoms with van der Waals surface area (Å²) in [6, 6.07) is 0. The van der Waals surface area contributed by atoms with Crippen LogP contribution < -0.4 is 5.73 Å². The van der Waals surface area contributed by atoms with E-state index in [0.29, 0.717) is 5.70 Å². The number of allylic oxidation sites excluding steroid dienone is 4. The molecule has 3 N–H and O–H groups in total. The second kappa shape index (κ2) is 4.99. The third kappa shape index (κ3) is 4.68. The highest BCUT2D eigenvalue weighted by Gasteiger charge is 2.24. The third-order valence-corrected chi connectivity index (χ3v) is 2.72. The highest BCUT2D eigenvalue weighted by atomic mass is 16.3. The summed E-state index contributed by atoms with van der Waals surface area (Å²) in [5.41, 5.74) is 7.75. The molecule has 0 fully saturated rings. The summed E-state index contributed by atoms with van der Waals surface area (Å²) < 4.78 is 0. The fourth-order valence-electron chi connectivity index (χ4n) is 1.24. The Labute approximate surface area is 106 Å². The summed E-state index contributed by atoms with van der Waals surface area (Å²) in [5.74, 6) is 0.169. The molecule has 17 heavy (non-hydrogen) atoms. The molecule has 0 bridgehead atoms. The smallest absolute Gasteiger partial charge is 0.137 e. The Kier molecular flexibility index (Phi) is 4.64. The van der Waals surface area contributed by atoms with Gasteiger partial charge in [0.25, 0.3) is 0 Å². The topological polar surface area (TPSA) is 46.2 Å². The Morgan fingerprint density at radius 2 is 1.47 bits per heavy atom. The second-order valence-corrected chi connectivity index (χ2v) is 6.61. The van der Waals surface area contributed by atoms with Crippen molar-refractivity contribution in [1.82, 2.24) is 0 Å². The van der Waals surface area contributed by atoms with Crippen LogP contribution in [0, 0.1) is 10.8 Å². The zero-order valence-corrected chi connectivity index (χ0v) is 12.3. The first-order valence-electron chi connectivity index (χ1n) is 5.94. The zero-order valence-electron chi connectivity index (χ0n) is 12.3. The molecular formula is C15H27NO. The Bertz CT molecular complexity index is 355. The summed E-state index contributed by atoms with van der Waals surface area (Å²) >= 11 is 0. The predicted octanol–water partition coefficient (Wildman–Crippen LogP) is 4.31. The largest absolute Gasteiger partial charge is 0.506 e. The highest BCUT2D eigenvalue weighted by molar-refractivity contribution is 5.39. The fourth-order valence-corrected chi connectivity index (χ4v) is 1.24. The van der Waals surface area contributed by atoms with Gasteiger partial charge in [0.1, 0.15) is 5.76 Å². The maximum atomic E-state index is 10.1. The van der Waals surface area contributed by atoms with Crippen LogP contribution in [-0.2, 0) is 0 Å². The van der Waals surface area contributed by atoms with Crippen LogP contribution in [0.2, 0.25) is 0 Å². The Hall–Kier alpha value is -1.18. The summed E-state index contributed by atoms with van der Waals surface area (Å²) in [4.78, 5) is 0. The number of hydrogen-bond donors (Lipinski definition) is 2. The van der Waals surface area contributed by atoms with Crippen LogP contribution >= 0.6 is 0 Å².